The highest BCUT2D eigenvalue weighted by atomic mass is 32.2. The van der Waals surface area contributed by atoms with Gasteiger partial charge >= 0.3 is 10.2 Å². The van der Waals surface area contributed by atoms with Crippen molar-refractivity contribution in [2.24, 2.45) is 5.92 Å². The molecule has 1 fully saturated rings. The lowest BCUT2D eigenvalue weighted by Gasteiger charge is -2.20. The maximum Gasteiger partial charge on any atom is 0.326 e. The van der Waals surface area contributed by atoms with Crippen LogP contribution in [0.3, 0.4) is 0 Å². The Morgan fingerprint density at radius 2 is 2.08 bits per heavy atom. The Labute approximate surface area is 140 Å². The number of benzene rings is 1. The highest BCUT2D eigenvalue weighted by Gasteiger charge is 2.38. The van der Waals surface area contributed by atoms with E-state index in [2.05, 4.69) is 6.58 Å². The summed E-state index contributed by atoms with van der Waals surface area (Å²) in [5, 5.41) is 10.2. The average molecular weight is 354 g/mol. The third-order valence-corrected chi connectivity index (χ3v) is 6.06. The molecule has 2 aliphatic rings. The molecule has 1 saturated heterocycles. The highest BCUT2D eigenvalue weighted by Crippen LogP contribution is 2.40. The van der Waals surface area contributed by atoms with E-state index in [0.717, 1.165) is 12.0 Å². The predicted octanol–water partition coefficient (Wildman–Crippen LogP) is 1.78. The number of hydrogen-bond acceptors (Lipinski definition) is 4. The van der Waals surface area contributed by atoms with Crippen LogP contribution in [0.25, 0.3) is 0 Å². The largest absolute Gasteiger partial charge is 0.506 e. The summed E-state index contributed by atoms with van der Waals surface area (Å²) in [6.45, 7) is 5.35. The van der Waals surface area contributed by atoms with Gasteiger partial charge in [0.05, 0.1) is 0 Å². The molecule has 1 aromatic rings. The van der Waals surface area contributed by atoms with Crippen LogP contribution < -0.4 is 9.03 Å². The molecule has 0 spiro atoms. The number of aromatic hydroxyl groups is 1. The number of allylic oxidation sites excluding steroid dienone is 1. The Bertz CT molecular complexity index is 835. The third kappa shape index (κ3) is 2.75. The molecule has 1 amide bonds. The fourth-order valence-electron chi connectivity index (χ4n) is 3.38. The van der Waals surface area contributed by atoms with Crippen LogP contribution in [0.5, 0.6) is 5.75 Å². The number of hydrogen-bond donors (Lipinski definition) is 2. The second-order valence-corrected chi connectivity index (χ2v) is 7.95. The number of phenols is 1. The third-order valence-electron chi connectivity index (χ3n) is 4.69. The zero-order valence-electron chi connectivity index (χ0n) is 13.3. The lowest BCUT2D eigenvalue weighted by Crippen LogP contribution is -2.30. The zero-order valence-corrected chi connectivity index (χ0v) is 14.1. The second kappa shape index (κ2) is 5.77. The van der Waals surface area contributed by atoms with Gasteiger partial charge in [-0.1, -0.05) is 12.2 Å². The van der Waals surface area contributed by atoms with Gasteiger partial charge in [0.15, 0.2) is 5.82 Å². The van der Waals surface area contributed by atoms with Crippen LogP contribution in [0.4, 0.5) is 10.1 Å². The normalized spacial score (nSPS) is 22.7. The summed E-state index contributed by atoms with van der Waals surface area (Å²) in [7, 11) is -4.17. The highest BCUT2D eigenvalue weighted by molar-refractivity contribution is 7.92. The Morgan fingerprint density at radius 1 is 1.42 bits per heavy atom. The lowest BCUT2D eigenvalue weighted by molar-refractivity contribution is -0.117. The SMILES string of the molecule is C=C(C)[C@H]1CCc2cc(O)c(N3CC(=O)NS3(=O)=O)c(F)c2CC1. The number of halogens is 1. The topological polar surface area (TPSA) is 86.7 Å². The average Bonchev–Trinajstić information content (AvgIpc) is 2.63. The van der Waals surface area contributed by atoms with Crippen LogP contribution >= 0.6 is 0 Å². The minimum absolute atomic E-state index is 0.265. The molecule has 0 radical (unpaired) electrons. The van der Waals surface area contributed by atoms with Gasteiger partial charge in [0.1, 0.15) is 18.0 Å². The smallest absolute Gasteiger partial charge is 0.326 e. The monoisotopic (exact) mass is 354 g/mol. The molecule has 1 atom stereocenters. The first-order valence-electron chi connectivity index (χ1n) is 7.72. The molecule has 3 rings (SSSR count). The number of nitrogens with zero attached hydrogens (tertiary/aromatic N) is 1. The molecule has 6 nitrogen and oxygen atoms in total. The predicted molar refractivity (Wildman–Crippen MR) is 87.4 cm³/mol. The Morgan fingerprint density at radius 3 is 2.67 bits per heavy atom. The molecule has 1 aromatic carbocycles. The van der Waals surface area contributed by atoms with Crippen molar-refractivity contribution in [3.63, 3.8) is 0 Å². The molecule has 1 aliphatic heterocycles. The first-order chi connectivity index (χ1) is 11.2. The number of fused-ring (bicyclic) bond motifs is 1. The van der Waals surface area contributed by atoms with Crippen LogP contribution in [0.1, 0.15) is 30.9 Å². The molecule has 8 heteroatoms. The van der Waals surface area contributed by atoms with E-state index in [4.69, 9.17) is 0 Å². The van der Waals surface area contributed by atoms with E-state index in [-0.39, 0.29) is 5.92 Å². The Balaban J connectivity index is 2.06. The summed E-state index contributed by atoms with van der Waals surface area (Å²) < 4.78 is 41.3. The van der Waals surface area contributed by atoms with Gasteiger partial charge < -0.3 is 5.11 Å². The van der Waals surface area contributed by atoms with Crippen molar-refractivity contribution in [3.8, 4) is 5.75 Å². The van der Waals surface area contributed by atoms with E-state index in [1.165, 1.54) is 6.07 Å². The van der Waals surface area contributed by atoms with Gasteiger partial charge in [0.25, 0.3) is 5.91 Å². The van der Waals surface area contributed by atoms with Crippen LogP contribution in [-0.4, -0.2) is 26.0 Å². The summed E-state index contributed by atoms with van der Waals surface area (Å²) in [6, 6.07) is 1.41. The van der Waals surface area contributed by atoms with Crippen LogP contribution in [0.2, 0.25) is 0 Å². The number of anilines is 1. The van der Waals surface area contributed by atoms with Gasteiger partial charge in [-0.25, -0.2) is 13.4 Å². The van der Waals surface area contributed by atoms with Gasteiger partial charge in [-0.3, -0.25) is 4.79 Å². The van der Waals surface area contributed by atoms with E-state index in [9.17, 15) is 18.3 Å². The molecule has 0 saturated carbocycles. The first kappa shape index (κ1) is 16.8. The Kier molecular flexibility index (Phi) is 4.03. The number of carbonyl (C=O) groups is 1. The number of aryl methyl sites for hydroxylation is 1. The number of rotatable bonds is 2. The molecule has 0 bridgehead atoms. The van der Waals surface area contributed by atoms with Gasteiger partial charge in [-0.15, -0.1) is 0 Å². The summed E-state index contributed by atoms with van der Waals surface area (Å²) in [5.74, 6) is -1.74. The number of amides is 1. The summed E-state index contributed by atoms with van der Waals surface area (Å²) in [4.78, 5) is 11.4. The molecule has 1 heterocycles. The maximum absolute atomic E-state index is 15.0. The second-order valence-electron chi connectivity index (χ2n) is 6.35. The van der Waals surface area contributed by atoms with Crippen LogP contribution in [0.15, 0.2) is 18.2 Å². The maximum atomic E-state index is 15.0. The minimum atomic E-state index is -4.17. The molecule has 1 aliphatic carbocycles. The standard InChI is InChI=1S/C16H19FN2O4S/c1-9(2)10-3-4-11-7-13(20)16(15(17)12(11)6-5-10)19-8-14(21)18-24(19,22)23/h7,10,20H,1,3-6,8H2,2H3,(H,18,21)/t10-/m0/s1. The molecular weight excluding hydrogens is 335 g/mol. The molecule has 0 aromatic heterocycles. The van der Waals surface area contributed by atoms with Crippen molar-refractivity contribution < 1.29 is 22.7 Å². The van der Waals surface area contributed by atoms with Gasteiger partial charge in [0.2, 0.25) is 0 Å². The quantitative estimate of drug-likeness (QED) is 0.626. The molecular formula is C16H19FN2O4S. The number of carbonyl (C=O) groups excluding carboxylic acids is 1. The van der Waals surface area contributed by atoms with Gasteiger partial charge in [-0.05, 0) is 55.7 Å². The van der Waals surface area contributed by atoms with Crippen molar-refractivity contribution in [1.82, 2.24) is 4.72 Å². The van der Waals surface area contributed by atoms with Crippen molar-refractivity contribution in [1.29, 1.82) is 0 Å². The fourth-order valence-corrected chi connectivity index (χ4v) is 4.54. The number of nitrogens with one attached hydrogen (secondary N) is 1. The van der Waals surface area contributed by atoms with E-state index in [1.54, 1.807) is 4.72 Å². The molecule has 0 unspecified atom stereocenters. The van der Waals surface area contributed by atoms with Crippen LogP contribution in [-0.2, 0) is 27.8 Å². The summed E-state index contributed by atoms with van der Waals surface area (Å²) in [6.07, 6.45) is 2.54. The van der Waals surface area contributed by atoms with Crippen molar-refractivity contribution in [3.05, 3.63) is 35.2 Å². The fraction of sp³-hybridized carbons (Fsp3) is 0.438. The zero-order chi connectivity index (χ0) is 17.6. The van der Waals surface area contributed by atoms with E-state index >= 15 is 4.39 Å². The van der Waals surface area contributed by atoms with E-state index < -0.39 is 39.9 Å². The summed E-state index contributed by atoms with van der Waals surface area (Å²) >= 11 is 0. The number of phenolic OH excluding ortho intramolecular Hbond substituents is 1. The molecule has 2 N–H and O–H groups in total. The van der Waals surface area contributed by atoms with Crippen molar-refractivity contribution >= 4 is 21.8 Å². The van der Waals surface area contributed by atoms with E-state index in [1.807, 2.05) is 6.92 Å². The first-order valence-corrected chi connectivity index (χ1v) is 9.16. The van der Waals surface area contributed by atoms with Gasteiger partial charge in [-0.2, -0.15) is 8.42 Å². The molecule has 130 valence electrons. The van der Waals surface area contributed by atoms with Gasteiger partial charge in [0, 0.05) is 0 Å². The summed E-state index contributed by atoms with van der Waals surface area (Å²) in [5.41, 5.74) is 1.65. The van der Waals surface area contributed by atoms with Crippen molar-refractivity contribution in [2.45, 2.75) is 32.6 Å². The minimum Gasteiger partial charge on any atom is -0.506 e. The van der Waals surface area contributed by atoms with E-state index in [0.29, 0.717) is 34.7 Å². The van der Waals surface area contributed by atoms with Crippen molar-refractivity contribution in [2.75, 3.05) is 10.8 Å². The Hall–Kier alpha value is -2.09. The lowest BCUT2D eigenvalue weighted by atomic mass is 9.93. The molecule has 24 heavy (non-hydrogen) atoms. The van der Waals surface area contributed by atoms with Crippen LogP contribution in [0, 0.1) is 11.7 Å².